The summed E-state index contributed by atoms with van der Waals surface area (Å²) in [6, 6.07) is 15.5. The van der Waals surface area contributed by atoms with Crippen molar-refractivity contribution in [3.05, 3.63) is 76.4 Å². The minimum atomic E-state index is -0.0964. The third-order valence-electron chi connectivity index (χ3n) is 5.19. The van der Waals surface area contributed by atoms with Gasteiger partial charge in [-0.05, 0) is 67.6 Å². The van der Waals surface area contributed by atoms with Crippen LogP contribution in [0.4, 0.5) is 5.82 Å². The topological polar surface area (TPSA) is 84.7 Å². The summed E-state index contributed by atoms with van der Waals surface area (Å²) in [5.74, 6) is 1.23. The van der Waals surface area contributed by atoms with Crippen LogP contribution in [0.1, 0.15) is 27.3 Å². The Bertz CT molecular complexity index is 1160. The number of carbonyl (C=O) groups excluding carboxylic acids is 1. The molecule has 0 aliphatic rings. The standard InChI is InChI=1S/C23H24N6OS/c1-15-16(2)28-29(17(15)3)22-11-10-21(26-27-22)24-12-13-25-23(30)19-8-6-18(7-9-19)20-5-4-14-31-20/h4-11,14H,12-13H2,1-3H3,(H,24,26)(H,25,30). The number of thiophene rings is 1. The predicted molar refractivity (Wildman–Crippen MR) is 124 cm³/mol. The molecule has 0 atom stereocenters. The van der Waals surface area contributed by atoms with Crippen LogP contribution in [-0.2, 0) is 0 Å². The molecule has 3 aromatic heterocycles. The number of aryl methyl sites for hydroxylation is 1. The molecule has 0 saturated carbocycles. The molecule has 0 unspecified atom stereocenters. The van der Waals surface area contributed by atoms with E-state index in [1.54, 1.807) is 16.0 Å². The zero-order chi connectivity index (χ0) is 21.8. The van der Waals surface area contributed by atoms with Crippen LogP contribution in [0, 0.1) is 20.8 Å². The highest BCUT2D eigenvalue weighted by molar-refractivity contribution is 7.13. The van der Waals surface area contributed by atoms with E-state index >= 15 is 0 Å². The summed E-state index contributed by atoms with van der Waals surface area (Å²) in [6.07, 6.45) is 0. The molecule has 4 rings (SSSR count). The van der Waals surface area contributed by atoms with Crippen LogP contribution in [0.3, 0.4) is 0 Å². The van der Waals surface area contributed by atoms with Crippen molar-refractivity contribution in [1.82, 2.24) is 25.3 Å². The molecule has 1 aromatic carbocycles. The fraction of sp³-hybridized carbons (Fsp3) is 0.217. The van der Waals surface area contributed by atoms with E-state index < -0.39 is 0 Å². The molecule has 0 aliphatic heterocycles. The van der Waals surface area contributed by atoms with Crippen molar-refractivity contribution in [2.75, 3.05) is 18.4 Å². The van der Waals surface area contributed by atoms with E-state index in [2.05, 4.69) is 32.0 Å². The van der Waals surface area contributed by atoms with Crippen molar-refractivity contribution in [2.24, 2.45) is 0 Å². The lowest BCUT2D eigenvalue weighted by atomic mass is 10.1. The summed E-state index contributed by atoms with van der Waals surface area (Å²) in [5, 5.41) is 21.1. The number of aromatic nitrogens is 4. The quantitative estimate of drug-likeness (QED) is 0.429. The highest BCUT2D eigenvalue weighted by atomic mass is 32.1. The van der Waals surface area contributed by atoms with Gasteiger partial charge in [0.25, 0.3) is 5.91 Å². The first kappa shape index (κ1) is 20.7. The van der Waals surface area contributed by atoms with Crippen LogP contribution in [0.25, 0.3) is 16.3 Å². The van der Waals surface area contributed by atoms with Gasteiger partial charge in [0.15, 0.2) is 5.82 Å². The van der Waals surface area contributed by atoms with E-state index in [0.717, 1.165) is 22.5 Å². The highest BCUT2D eigenvalue weighted by Crippen LogP contribution is 2.24. The Morgan fingerprint density at radius 2 is 1.81 bits per heavy atom. The van der Waals surface area contributed by atoms with E-state index in [4.69, 9.17) is 0 Å². The lowest BCUT2D eigenvalue weighted by molar-refractivity contribution is 0.0955. The van der Waals surface area contributed by atoms with Crippen LogP contribution in [0.5, 0.6) is 0 Å². The lowest BCUT2D eigenvalue weighted by Crippen LogP contribution is -2.28. The second-order valence-corrected chi connectivity index (χ2v) is 8.17. The third-order valence-corrected chi connectivity index (χ3v) is 6.11. The zero-order valence-corrected chi connectivity index (χ0v) is 18.5. The number of nitrogens with zero attached hydrogens (tertiary/aromatic N) is 4. The normalized spacial score (nSPS) is 10.8. The van der Waals surface area contributed by atoms with Gasteiger partial charge in [-0.1, -0.05) is 18.2 Å². The molecule has 0 fully saturated rings. The van der Waals surface area contributed by atoms with Gasteiger partial charge < -0.3 is 10.6 Å². The molecule has 0 spiro atoms. The summed E-state index contributed by atoms with van der Waals surface area (Å²) in [4.78, 5) is 13.5. The maximum Gasteiger partial charge on any atom is 0.251 e. The third kappa shape index (κ3) is 4.64. The van der Waals surface area contributed by atoms with E-state index in [1.165, 1.54) is 4.88 Å². The fourth-order valence-electron chi connectivity index (χ4n) is 3.17. The SMILES string of the molecule is Cc1nn(-c2ccc(NCCNC(=O)c3ccc(-c4cccs4)cc3)nn2)c(C)c1C. The van der Waals surface area contributed by atoms with E-state index in [-0.39, 0.29) is 5.91 Å². The van der Waals surface area contributed by atoms with Gasteiger partial charge in [-0.25, -0.2) is 4.68 Å². The maximum atomic E-state index is 12.3. The maximum absolute atomic E-state index is 12.3. The van der Waals surface area contributed by atoms with Crippen LogP contribution in [0.15, 0.2) is 53.9 Å². The van der Waals surface area contributed by atoms with E-state index in [9.17, 15) is 4.79 Å². The largest absolute Gasteiger partial charge is 0.367 e. The number of amides is 1. The molecule has 158 valence electrons. The Balaban J connectivity index is 1.26. The molecule has 2 N–H and O–H groups in total. The molecule has 31 heavy (non-hydrogen) atoms. The number of hydrogen-bond donors (Lipinski definition) is 2. The smallest absolute Gasteiger partial charge is 0.251 e. The number of nitrogens with one attached hydrogen (secondary N) is 2. The van der Waals surface area contributed by atoms with Gasteiger partial charge in [0.2, 0.25) is 0 Å². The van der Waals surface area contributed by atoms with Gasteiger partial charge in [-0.3, -0.25) is 4.79 Å². The Labute approximate surface area is 185 Å². The van der Waals surface area contributed by atoms with E-state index in [1.807, 2.05) is 68.6 Å². The first-order valence-corrected chi connectivity index (χ1v) is 10.9. The van der Waals surface area contributed by atoms with E-state index in [0.29, 0.717) is 30.3 Å². The van der Waals surface area contributed by atoms with Gasteiger partial charge in [0.1, 0.15) is 5.82 Å². The minimum absolute atomic E-state index is 0.0964. The number of benzene rings is 1. The molecule has 8 heteroatoms. The van der Waals surface area contributed by atoms with Crippen LogP contribution in [0.2, 0.25) is 0 Å². The Morgan fingerprint density at radius 1 is 1.00 bits per heavy atom. The van der Waals surface area contributed by atoms with Crippen molar-refractivity contribution >= 4 is 23.1 Å². The summed E-state index contributed by atoms with van der Waals surface area (Å²) in [5.41, 5.74) is 4.95. The van der Waals surface area contributed by atoms with Crippen molar-refractivity contribution < 1.29 is 4.79 Å². The van der Waals surface area contributed by atoms with Crippen molar-refractivity contribution in [3.63, 3.8) is 0 Å². The molecular weight excluding hydrogens is 408 g/mol. The summed E-state index contributed by atoms with van der Waals surface area (Å²) in [7, 11) is 0. The molecule has 4 aromatic rings. The second-order valence-electron chi connectivity index (χ2n) is 7.22. The molecule has 7 nitrogen and oxygen atoms in total. The summed E-state index contributed by atoms with van der Waals surface area (Å²) < 4.78 is 1.80. The molecule has 0 radical (unpaired) electrons. The Morgan fingerprint density at radius 3 is 2.42 bits per heavy atom. The van der Waals surface area contributed by atoms with Crippen molar-refractivity contribution in [3.8, 4) is 16.3 Å². The first-order chi connectivity index (χ1) is 15.0. The van der Waals surface area contributed by atoms with Crippen LogP contribution >= 0.6 is 11.3 Å². The van der Waals surface area contributed by atoms with Crippen molar-refractivity contribution in [1.29, 1.82) is 0 Å². The number of hydrogen-bond acceptors (Lipinski definition) is 6. The first-order valence-electron chi connectivity index (χ1n) is 10.1. The van der Waals surface area contributed by atoms with Crippen LogP contribution in [-0.4, -0.2) is 39.0 Å². The number of carbonyl (C=O) groups is 1. The second kappa shape index (κ2) is 9.09. The van der Waals surface area contributed by atoms with Gasteiger partial charge in [-0.15, -0.1) is 21.5 Å². The molecule has 0 aliphatic carbocycles. The van der Waals surface area contributed by atoms with Gasteiger partial charge in [0.05, 0.1) is 5.69 Å². The van der Waals surface area contributed by atoms with Crippen LogP contribution < -0.4 is 10.6 Å². The Kier molecular flexibility index (Phi) is 6.08. The van der Waals surface area contributed by atoms with Gasteiger partial charge >= 0.3 is 0 Å². The summed E-state index contributed by atoms with van der Waals surface area (Å²) in [6.45, 7) is 7.07. The average molecular weight is 433 g/mol. The zero-order valence-electron chi connectivity index (χ0n) is 17.7. The molecule has 0 saturated heterocycles. The predicted octanol–water partition coefficient (Wildman–Crippen LogP) is 4.16. The number of rotatable bonds is 7. The van der Waals surface area contributed by atoms with Gasteiger partial charge in [-0.2, -0.15) is 5.10 Å². The summed E-state index contributed by atoms with van der Waals surface area (Å²) >= 11 is 1.68. The fourth-order valence-corrected chi connectivity index (χ4v) is 3.91. The highest BCUT2D eigenvalue weighted by Gasteiger charge is 2.10. The molecule has 0 bridgehead atoms. The molecule has 3 heterocycles. The van der Waals surface area contributed by atoms with Crippen molar-refractivity contribution in [2.45, 2.75) is 20.8 Å². The Hall–Kier alpha value is -3.52. The average Bonchev–Trinajstić information content (AvgIpc) is 3.42. The lowest BCUT2D eigenvalue weighted by Gasteiger charge is -2.08. The minimum Gasteiger partial charge on any atom is -0.367 e. The number of anilines is 1. The molecular formula is C23H24N6OS. The monoisotopic (exact) mass is 432 g/mol. The van der Waals surface area contributed by atoms with Gasteiger partial charge in [0, 0.05) is 29.2 Å². The molecule has 1 amide bonds.